The lowest BCUT2D eigenvalue weighted by atomic mass is 10.2. The first-order valence-electron chi connectivity index (χ1n) is 3.91. The third-order valence-electron chi connectivity index (χ3n) is 1.39. The summed E-state index contributed by atoms with van der Waals surface area (Å²) in [5, 5.41) is 0. The quantitative estimate of drug-likeness (QED) is 0.502. The molecule has 0 aromatic heterocycles. The van der Waals surface area contributed by atoms with Crippen LogP contribution in [0.5, 0.6) is 0 Å². The van der Waals surface area contributed by atoms with Crippen molar-refractivity contribution in [2.75, 3.05) is 0 Å². The molecule has 0 heterocycles. The number of primary amides is 1. The fourth-order valence-corrected chi connectivity index (χ4v) is 0.704. The minimum absolute atomic E-state index is 0.332. The van der Waals surface area contributed by atoms with Gasteiger partial charge in [0.25, 0.3) is 0 Å². The smallest absolute Gasteiger partial charge is 0.248 e. The number of carbonyl (C=O) groups is 1. The summed E-state index contributed by atoms with van der Waals surface area (Å²) in [4.78, 5) is 10.5. The van der Waals surface area contributed by atoms with Crippen molar-refractivity contribution in [1.82, 2.24) is 0 Å². The zero-order valence-corrected chi connectivity index (χ0v) is 7.63. The van der Waals surface area contributed by atoms with Crippen LogP contribution in [-0.2, 0) is 4.79 Å². The van der Waals surface area contributed by atoms with Crippen LogP contribution in [-0.4, -0.2) is 5.91 Å². The van der Waals surface area contributed by atoms with Crippen molar-refractivity contribution in [3.8, 4) is 0 Å². The van der Waals surface area contributed by atoms with E-state index in [9.17, 15) is 4.79 Å². The molecule has 2 heteroatoms. The van der Waals surface area contributed by atoms with Crippen molar-refractivity contribution in [2.24, 2.45) is 5.73 Å². The summed E-state index contributed by atoms with van der Waals surface area (Å²) in [5.74, 6) is -0.476. The van der Waals surface area contributed by atoms with Crippen molar-refractivity contribution in [1.29, 1.82) is 0 Å². The van der Waals surface area contributed by atoms with Gasteiger partial charge in [0, 0.05) is 5.57 Å². The minimum atomic E-state index is -0.476. The number of hydrogen-bond acceptors (Lipinski definition) is 1. The van der Waals surface area contributed by atoms with E-state index in [1.165, 1.54) is 0 Å². The lowest BCUT2D eigenvalue weighted by Gasteiger charge is -1.92. The van der Waals surface area contributed by atoms with Crippen LogP contribution in [0.4, 0.5) is 0 Å². The van der Waals surface area contributed by atoms with E-state index in [-0.39, 0.29) is 0 Å². The molecule has 1 amide bonds. The van der Waals surface area contributed by atoms with E-state index in [4.69, 9.17) is 5.73 Å². The first-order chi connectivity index (χ1) is 5.57. The van der Waals surface area contributed by atoms with E-state index in [1.807, 2.05) is 13.0 Å². The topological polar surface area (TPSA) is 43.1 Å². The van der Waals surface area contributed by atoms with Gasteiger partial charge in [-0.1, -0.05) is 31.2 Å². The molecular weight excluding hydrogens is 150 g/mol. The maximum Gasteiger partial charge on any atom is 0.248 e. The van der Waals surface area contributed by atoms with E-state index >= 15 is 0 Å². The molecule has 0 saturated carbocycles. The first kappa shape index (κ1) is 10.7. The van der Waals surface area contributed by atoms with Crippen molar-refractivity contribution in [2.45, 2.75) is 20.3 Å². The Balaban J connectivity index is 4.16. The van der Waals surface area contributed by atoms with Crippen LogP contribution in [0.15, 0.2) is 36.0 Å². The second-order valence-corrected chi connectivity index (χ2v) is 2.58. The summed E-state index contributed by atoms with van der Waals surface area (Å²) in [6.45, 7) is 7.52. The fraction of sp³-hybridized carbons (Fsp3) is 0.300. The van der Waals surface area contributed by atoms with E-state index in [1.54, 1.807) is 6.08 Å². The van der Waals surface area contributed by atoms with E-state index in [0.717, 1.165) is 12.0 Å². The number of carbonyl (C=O) groups excluding carboxylic acids is 1. The molecule has 2 N–H and O–H groups in total. The second-order valence-electron chi connectivity index (χ2n) is 2.58. The fourth-order valence-electron chi connectivity index (χ4n) is 0.704. The summed E-state index contributed by atoms with van der Waals surface area (Å²) in [6, 6.07) is 0. The Bertz CT molecular complexity index is 236. The van der Waals surface area contributed by atoms with Gasteiger partial charge >= 0.3 is 0 Å². The number of amides is 1. The van der Waals surface area contributed by atoms with Crippen molar-refractivity contribution in [3.05, 3.63) is 36.0 Å². The van der Waals surface area contributed by atoms with Crippen LogP contribution in [0.25, 0.3) is 0 Å². The molecule has 0 atom stereocenters. The van der Waals surface area contributed by atoms with Gasteiger partial charge in [0.2, 0.25) is 5.91 Å². The number of rotatable bonds is 4. The Morgan fingerprint density at radius 1 is 1.50 bits per heavy atom. The molecule has 0 bridgehead atoms. The Morgan fingerprint density at radius 2 is 2.08 bits per heavy atom. The summed E-state index contributed by atoms with van der Waals surface area (Å²) in [5.41, 5.74) is 6.43. The Hall–Kier alpha value is -1.31. The molecule has 0 unspecified atom stereocenters. The van der Waals surface area contributed by atoms with Crippen LogP contribution < -0.4 is 5.73 Å². The highest BCUT2D eigenvalue weighted by atomic mass is 16.1. The standard InChI is InChI=1S/C10H15NO/c1-4-5-8(2)6-7-9(3)10(11)12/h5-7H,3-4H2,1-2H3,(H2,11,12)/b7-6-,8-5-. The van der Waals surface area contributed by atoms with Gasteiger partial charge in [-0.3, -0.25) is 4.79 Å². The molecule has 0 rings (SSSR count). The lowest BCUT2D eigenvalue weighted by Crippen LogP contribution is -2.11. The molecule has 66 valence electrons. The highest BCUT2D eigenvalue weighted by molar-refractivity contribution is 5.94. The average molecular weight is 165 g/mol. The minimum Gasteiger partial charge on any atom is -0.366 e. The van der Waals surface area contributed by atoms with E-state index < -0.39 is 5.91 Å². The van der Waals surface area contributed by atoms with Crippen LogP contribution in [0.3, 0.4) is 0 Å². The molecule has 0 fully saturated rings. The molecule has 0 aliphatic carbocycles. The van der Waals surface area contributed by atoms with Gasteiger partial charge in [0.15, 0.2) is 0 Å². The van der Waals surface area contributed by atoms with Crippen molar-refractivity contribution >= 4 is 5.91 Å². The molecule has 0 aliphatic heterocycles. The molecule has 0 aromatic rings. The largest absolute Gasteiger partial charge is 0.366 e. The Morgan fingerprint density at radius 3 is 2.50 bits per heavy atom. The highest BCUT2D eigenvalue weighted by Crippen LogP contribution is 2.00. The molecule has 0 aliphatic rings. The van der Waals surface area contributed by atoms with E-state index in [0.29, 0.717) is 5.57 Å². The van der Waals surface area contributed by atoms with Crippen LogP contribution >= 0.6 is 0 Å². The summed E-state index contributed by atoms with van der Waals surface area (Å²) >= 11 is 0. The number of nitrogens with two attached hydrogens (primary N) is 1. The summed E-state index contributed by atoms with van der Waals surface area (Å²) < 4.78 is 0. The number of allylic oxidation sites excluding steroid dienone is 3. The maximum atomic E-state index is 10.5. The summed E-state index contributed by atoms with van der Waals surface area (Å²) in [6.07, 6.45) is 6.50. The zero-order valence-electron chi connectivity index (χ0n) is 7.63. The second kappa shape index (κ2) is 5.35. The van der Waals surface area contributed by atoms with Gasteiger partial charge in [-0.15, -0.1) is 0 Å². The lowest BCUT2D eigenvalue weighted by molar-refractivity contribution is -0.114. The Kier molecular flexibility index (Phi) is 4.77. The molecule has 0 saturated heterocycles. The molecule has 0 radical (unpaired) electrons. The van der Waals surface area contributed by atoms with Crippen molar-refractivity contribution < 1.29 is 4.79 Å². The van der Waals surface area contributed by atoms with Crippen LogP contribution in [0.1, 0.15) is 20.3 Å². The van der Waals surface area contributed by atoms with Gasteiger partial charge < -0.3 is 5.73 Å². The maximum absolute atomic E-state index is 10.5. The third-order valence-corrected chi connectivity index (χ3v) is 1.39. The highest BCUT2D eigenvalue weighted by Gasteiger charge is 1.93. The summed E-state index contributed by atoms with van der Waals surface area (Å²) in [7, 11) is 0. The monoisotopic (exact) mass is 165 g/mol. The molecule has 12 heavy (non-hydrogen) atoms. The van der Waals surface area contributed by atoms with E-state index in [2.05, 4.69) is 19.6 Å². The SMILES string of the molecule is C=C(/C=C\C(C)=C/CC)C(N)=O. The predicted octanol–water partition coefficient (Wildman–Crippen LogP) is 1.94. The van der Waals surface area contributed by atoms with Gasteiger partial charge in [-0.25, -0.2) is 0 Å². The molecule has 2 nitrogen and oxygen atoms in total. The molecule has 0 spiro atoms. The first-order valence-corrected chi connectivity index (χ1v) is 3.91. The Labute approximate surface area is 73.5 Å². The predicted molar refractivity (Wildman–Crippen MR) is 51.5 cm³/mol. The zero-order chi connectivity index (χ0) is 9.56. The normalized spacial score (nSPS) is 12.0. The molecular formula is C10H15NO. The van der Waals surface area contributed by atoms with Crippen LogP contribution in [0.2, 0.25) is 0 Å². The van der Waals surface area contributed by atoms with Gasteiger partial charge in [-0.2, -0.15) is 0 Å². The van der Waals surface area contributed by atoms with Crippen molar-refractivity contribution in [3.63, 3.8) is 0 Å². The van der Waals surface area contributed by atoms with Gasteiger partial charge in [0.05, 0.1) is 0 Å². The van der Waals surface area contributed by atoms with Gasteiger partial charge in [-0.05, 0) is 19.4 Å². The molecule has 0 aromatic carbocycles. The van der Waals surface area contributed by atoms with Crippen LogP contribution in [0, 0.1) is 0 Å². The average Bonchev–Trinajstić information content (AvgIpc) is 2.00. The number of hydrogen-bond donors (Lipinski definition) is 1. The van der Waals surface area contributed by atoms with Gasteiger partial charge in [0.1, 0.15) is 0 Å². The third kappa shape index (κ3) is 4.50.